The normalized spacial score (nSPS) is 10.5. The first-order chi connectivity index (χ1) is 12.7. The Kier molecular flexibility index (Phi) is 6.33. The van der Waals surface area contributed by atoms with Crippen LogP contribution in [0.15, 0.2) is 66.0 Å². The summed E-state index contributed by atoms with van der Waals surface area (Å²) in [6.45, 7) is 0.606. The third kappa shape index (κ3) is 5.13. The maximum atomic E-state index is 11.9. The molecule has 2 aromatic carbocycles. The number of carbonyl (C=O) groups excluding carboxylic acids is 1. The molecular formula is C20H21N3O2S. The Bertz CT molecular complexity index is 832. The molecular weight excluding hydrogens is 346 g/mol. The molecule has 3 rings (SSSR count). The van der Waals surface area contributed by atoms with E-state index in [1.165, 1.54) is 0 Å². The molecule has 3 aromatic rings. The van der Waals surface area contributed by atoms with Crippen molar-refractivity contribution in [2.75, 3.05) is 19.4 Å². The highest BCUT2D eigenvalue weighted by Gasteiger charge is 2.06. The Labute approximate surface area is 157 Å². The molecule has 0 aliphatic carbocycles. The van der Waals surface area contributed by atoms with Gasteiger partial charge in [0.2, 0.25) is 5.91 Å². The first-order valence-electron chi connectivity index (χ1n) is 8.37. The molecule has 0 bridgehead atoms. The average Bonchev–Trinajstić information content (AvgIpc) is 3.15. The standard InChI is InChI=1S/C20H21N3O2S/c1-25-17-9-7-16(8-10-17)18-14-22-20(23-18)26-12-11-21-19(24)13-15-5-3-2-4-6-15/h2-10,14H,11-13H2,1H3,(H,21,24)(H,22,23). The predicted molar refractivity (Wildman–Crippen MR) is 104 cm³/mol. The molecule has 0 saturated carbocycles. The number of aromatic nitrogens is 2. The molecule has 0 spiro atoms. The minimum atomic E-state index is 0.0372. The molecule has 0 aliphatic rings. The molecule has 26 heavy (non-hydrogen) atoms. The van der Waals surface area contributed by atoms with Crippen molar-refractivity contribution in [2.45, 2.75) is 11.6 Å². The predicted octanol–water partition coefficient (Wildman–Crippen LogP) is 3.54. The van der Waals surface area contributed by atoms with Crippen LogP contribution in [0.3, 0.4) is 0 Å². The van der Waals surface area contributed by atoms with Crippen molar-refractivity contribution in [1.29, 1.82) is 0 Å². The summed E-state index contributed by atoms with van der Waals surface area (Å²) in [4.78, 5) is 19.6. The number of H-pyrrole nitrogens is 1. The van der Waals surface area contributed by atoms with E-state index in [9.17, 15) is 4.79 Å². The Morgan fingerprint density at radius 1 is 1.15 bits per heavy atom. The van der Waals surface area contributed by atoms with E-state index in [0.29, 0.717) is 13.0 Å². The molecule has 0 radical (unpaired) electrons. The Balaban J connectivity index is 1.42. The molecule has 1 heterocycles. The Morgan fingerprint density at radius 2 is 1.92 bits per heavy atom. The van der Waals surface area contributed by atoms with Gasteiger partial charge < -0.3 is 15.0 Å². The minimum Gasteiger partial charge on any atom is -0.497 e. The molecule has 2 N–H and O–H groups in total. The molecule has 5 nitrogen and oxygen atoms in total. The van der Waals surface area contributed by atoms with Gasteiger partial charge in [0.1, 0.15) is 5.75 Å². The first kappa shape index (κ1) is 18.1. The SMILES string of the molecule is COc1ccc(-c2cnc(SCCNC(=O)Cc3ccccc3)[nH]2)cc1. The zero-order valence-electron chi connectivity index (χ0n) is 14.6. The number of rotatable bonds is 8. The van der Waals surface area contributed by atoms with E-state index in [4.69, 9.17) is 4.74 Å². The third-order valence-electron chi connectivity index (χ3n) is 3.82. The van der Waals surface area contributed by atoms with Gasteiger partial charge in [0, 0.05) is 12.3 Å². The fraction of sp³-hybridized carbons (Fsp3) is 0.200. The number of ether oxygens (including phenoxy) is 1. The highest BCUT2D eigenvalue weighted by Crippen LogP contribution is 2.23. The number of nitrogens with one attached hydrogen (secondary N) is 2. The minimum absolute atomic E-state index is 0.0372. The van der Waals surface area contributed by atoms with Crippen LogP contribution in [0.4, 0.5) is 0 Å². The van der Waals surface area contributed by atoms with Gasteiger partial charge in [-0.1, -0.05) is 42.1 Å². The van der Waals surface area contributed by atoms with Gasteiger partial charge in [0.15, 0.2) is 5.16 Å². The van der Waals surface area contributed by atoms with Crippen molar-refractivity contribution in [3.63, 3.8) is 0 Å². The smallest absolute Gasteiger partial charge is 0.224 e. The van der Waals surface area contributed by atoms with Gasteiger partial charge in [-0.3, -0.25) is 4.79 Å². The summed E-state index contributed by atoms with van der Waals surface area (Å²) in [7, 11) is 1.65. The number of carbonyl (C=O) groups is 1. The van der Waals surface area contributed by atoms with Crippen molar-refractivity contribution in [3.05, 3.63) is 66.4 Å². The number of thioether (sulfide) groups is 1. The summed E-state index contributed by atoms with van der Waals surface area (Å²) in [5.74, 6) is 1.63. The fourth-order valence-electron chi connectivity index (χ4n) is 2.48. The molecule has 0 saturated heterocycles. The van der Waals surface area contributed by atoms with Gasteiger partial charge >= 0.3 is 0 Å². The van der Waals surface area contributed by atoms with E-state index in [0.717, 1.165) is 33.5 Å². The van der Waals surface area contributed by atoms with E-state index in [1.54, 1.807) is 18.9 Å². The topological polar surface area (TPSA) is 67.0 Å². The van der Waals surface area contributed by atoms with Crippen molar-refractivity contribution < 1.29 is 9.53 Å². The van der Waals surface area contributed by atoms with Crippen LogP contribution in [0.2, 0.25) is 0 Å². The lowest BCUT2D eigenvalue weighted by Gasteiger charge is -2.04. The fourth-order valence-corrected chi connectivity index (χ4v) is 3.18. The molecule has 0 aliphatic heterocycles. The number of aromatic amines is 1. The largest absolute Gasteiger partial charge is 0.497 e. The van der Waals surface area contributed by atoms with E-state index < -0.39 is 0 Å². The van der Waals surface area contributed by atoms with Crippen LogP contribution in [0.25, 0.3) is 11.3 Å². The summed E-state index contributed by atoms with van der Waals surface area (Å²) >= 11 is 1.59. The molecule has 134 valence electrons. The van der Waals surface area contributed by atoms with Crippen LogP contribution < -0.4 is 10.1 Å². The molecule has 6 heteroatoms. The maximum absolute atomic E-state index is 11.9. The number of nitrogens with zero attached hydrogens (tertiary/aromatic N) is 1. The number of hydrogen-bond donors (Lipinski definition) is 2. The van der Waals surface area contributed by atoms with E-state index in [-0.39, 0.29) is 5.91 Å². The monoisotopic (exact) mass is 367 g/mol. The summed E-state index contributed by atoms with van der Waals surface area (Å²) < 4.78 is 5.17. The van der Waals surface area contributed by atoms with Crippen LogP contribution in [0.1, 0.15) is 5.56 Å². The van der Waals surface area contributed by atoms with Crippen LogP contribution in [0.5, 0.6) is 5.75 Å². The van der Waals surface area contributed by atoms with Gasteiger partial charge in [-0.25, -0.2) is 4.98 Å². The average molecular weight is 367 g/mol. The molecule has 1 aromatic heterocycles. The molecule has 0 unspecified atom stereocenters. The highest BCUT2D eigenvalue weighted by molar-refractivity contribution is 7.99. The van der Waals surface area contributed by atoms with E-state index >= 15 is 0 Å². The van der Waals surface area contributed by atoms with E-state index in [1.807, 2.05) is 60.8 Å². The second-order valence-corrected chi connectivity index (χ2v) is 6.77. The van der Waals surface area contributed by atoms with Crippen LogP contribution >= 0.6 is 11.8 Å². The Hall–Kier alpha value is -2.73. The summed E-state index contributed by atoms with van der Waals surface area (Å²) in [5.41, 5.74) is 3.04. The zero-order chi connectivity index (χ0) is 18.2. The number of benzene rings is 2. The summed E-state index contributed by atoms with van der Waals surface area (Å²) in [5, 5.41) is 3.78. The molecule has 1 amide bonds. The van der Waals surface area contributed by atoms with Gasteiger partial charge in [-0.05, 0) is 35.4 Å². The second-order valence-electron chi connectivity index (χ2n) is 5.69. The van der Waals surface area contributed by atoms with Crippen molar-refractivity contribution >= 4 is 17.7 Å². The molecule has 0 fully saturated rings. The van der Waals surface area contributed by atoms with Crippen LogP contribution in [-0.4, -0.2) is 35.3 Å². The van der Waals surface area contributed by atoms with Crippen molar-refractivity contribution in [3.8, 4) is 17.0 Å². The van der Waals surface area contributed by atoms with Gasteiger partial charge in [-0.15, -0.1) is 0 Å². The quantitative estimate of drug-likeness (QED) is 0.472. The van der Waals surface area contributed by atoms with E-state index in [2.05, 4.69) is 15.3 Å². The van der Waals surface area contributed by atoms with Gasteiger partial charge in [0.25, 0.3) is 0 Å². The first-order valence-corrected chi connectivity index (χ1v) is 9.36. The number of amides is 1. The second kappa shape index (κ2) is 9.10. The summed E-state index contributed by atoms with van der Waals surface area (Å²) in [6, 6.07) is 17.6. The van der Waals surface area contributed by atoms with Gasteiger partial charge in [0.05, 0.1) is 25.4 Å². The highest BCUT2D eigenvalue weighted by atomic mass is 32.2. The lowest BCUT2D eigenvalue weighted by Crippen LogP contribution is -2.27. The Morgan fingerprint density at radius 3 is 2.65 bits per heavy atom. The lowest BCUT2D eigenvalue weighted by molar-refractivity contribution is -0.120. The van der Waals surface area contributed by atoms with Gasteiger partial charge in [-0.2, -0.15) is 0 Å². The number of hydrogen-bond acceptors (Lipinski definition) is 4. The van der Waals surface area contributed by atoms with Crippen LogP contribution in [-0.2, 0) is 11.2 Å². The molecule has 0 atom stereocenters. The maximum Gasteiger partial charge on any atom is 0.224 e. The summed E-state index contributed by atoms with van der Waals surface area (Å²) in [6.07, 6.45) is 2.23. The van der Waals surface area contributed by atoms with Crippen molar-refractivity contribution in [1.82, 2.24) is 15.3 Å². The zero-order valence-corrected chi connectivity index (χ0v) is 15.4. The number of methoxy groups -OCH3 is 1. The van der Waals surface area contributed by atoms with Crippen LogP contribution in [0, 0.1) is 0 Å². The number of imidazole rings is 1. The lowest BCUT2D eigenvalue weighted by atomic mass is 10.1. The third-order valence-corrected chi connectivity index (χ3v) is 4.71. The van der Waals surface area contributed by atoms with Crippen molar-refractivity contribution in [2.24, 2.45) is 0 Å².